The second kappa shape index (κ2) is 8.68. The maximum absolute atomic E-state index is 12.6. The van der Waals surface area contributed by atoms with Crippen LogP contribution in [0.4, 0.5) is 8.78 Å². The first-order valence-corrected chi connectivity index (χ1v) is 8.77. The lowest BCUT2D eigenvalue weighted by Gasteiger charge is -2.15. The zero-order valence-corrected chi connectivity index (χ0v) is 15.8. The molecule has 1 amide bonds. The molecule has 0 saturated carbocycles. The Morgan fingerprint density at radius 2 is 1.93 bits per heavy atom. The Labute approximate surface area is 165 Å². The number of oxazole rings is 1. The standard InChI is InChI=1S/C20H19F2N3O4/c1-11(2)28-17-7-12(4-6-16(17)29-20(21)22)19-25-15(10-27-19)8-14-5-3-13(9-24-14)18(23)26/h3-7,9-11,20H,8H2,1-2H3,(H2,23,26). The molecule has 29 heavy (non-hydrogen) atoms. The summed E-state index contributed by atoms with van der Waals surface area (Å²) < 4.78 is 40.8. The minimum atomic E-state index is -2.96. The molecule has 2 heterocycles. The Hall–Kier alpha value is -3.49. The summed E-state index contributed by atoms with van der Waals surface area (Å²) in [7, 11) is 0. The largest absolute Gasteiger partial charge is 0.487 e. The highest BCUT2D eigenvalue weighted by Gasteiger charge is 2.16. The molecule has 0 saturated heterocycles. The summed E-state index contributed by atoms with van der Waals surface area (Å²) in [6.45, 7) is 0.592. The first-order valence-electron chi connectivity index (χ1n) is 8.77. The number of pyridine rings is 1. The molecular formula is C20H19F2N3O4. The molecule has 0 aliphatic heterocycles. The third-order valence-corrected chi connectivity index (χ3v) is 3.79. The van der Waals surface area contributed by atoms with Gasteiger partial charge < -0.3 is 19.6 Å². The predicted octanol–water partition coefficient (Wildman–Crippen LogP) is 3.81. The number of carbonyl (C=O) groups excluding carboxylic acids is 1. The maximum atomic E-state index is 12.6. The van der Waals surface area contributed by atoms with Crippen molar-refractivity contribution >= 4 is 5.91 Å². The molecule has 0 radical (unpaired) electrons. The van der Waals surface area contributed by atoms with Crippen LogP contribution in [0.1, 0.15) is 35.6 Å². The Morgan fingerprint density at radius 1 is 1.14 bits per heavy atom. The summed E-state index contributed by atoms with van der Waals surface area (Å²) in [6, 6.07) is 7.74. The van der Waals surface area contributed by atoms with Gasteiger partial charge in [0.25, 0.3) is 0 Å². The average Bonchev–Trinajstić information content (AvgIpc) is 3.11. The number of rotatable bonds is 8. The van der Waals surface area contributed by atoms with Gasteiger partial charge in [-0.3, -0.25) is 9.78 Å². The van der Waals surface area contributed by atoms with E-state index in [-0.39, 0.29) is 17.6 Å². The predicted molar refractivity (Wildman–Crippen MR) is 99.9 cm³/mol. The summed E-state index contributed by atoms with van der Waals surface area (Å²) >= 11 is 0. The van der Waals surface area contributed by atoms with E-state index in [9.17, 15) is 13.6 Å². The average molecular weight is 403 g/mol. The minimum absolute atomic E-state index is 0.0667. The van der Waals surface area contributed by atoms with E-state index in [0.29, 0.717) is 34.8 Å². The van der Waals surface area contributed by atoms with Crippen molar-refractivity contribution in [2.45, 2.75) is 33.0 Å². The number of hydrogen-bond donors (Lipinski definition) is 1. The molecule has 0 aliphatic carbocycles. The van der Waals surface area contributed by atoms with E-state index in [4.69, 9.17) is 14.9 Å². The number of alkyl halides is 2. The van der Waals surface area contributed by atoms with Gasteiger partial charge in [0.05, 0.1) is 17.4 Å². The second-order valence-corrected chi connectivity index (χ2v) is 6.43. The van der Waals surface area contributed by atoms with E-state index < -0.39 is 12.5 Å². The topological polar surface area (TPSA) is 100 Å². The molecule has 3 rings (SSSR count). The lowest BCUT2D eigenvalue weighted by molar-refractivity contribution is -0.0518. The second-order valence-electron chi connectivity index (χ2n) is 6.43. The molecule has 0 unspecified atom stereocenters. The highest BCUT2D eigenvalue weighted by atomic mass is 19.3. The number of carbonyl (C=O) groups is 1. The highest BCUT2D eigenvalue weighted by Crippen LogP contribution is 2.34. The van der Waals surface area contributed by atoms with Crippen LogP contribution in [0.15, 0.2) is 47.2 Å². The van der Waals surface area contributed by atoms with E-state index in [2.05, 4.69) is 14.7 Å². The quantitative estimate of drug-likeness (QED) is 0.614. The fraction of sp³-hybridized carbons (Fsp3) is 0.250. The van der Waals surface area contributed by atoms with Crippen LogP contribution in [0.2, 0.25) is 0 Å². The summed E-state index contributed by atoms with van der Waals surface area (Å²) in [5.74, 6) is -0.151. The molecule has 2 N–H and O–H groups in total. The van der Waals surface area contributed by atoms with E-state index in [1.807, 2.05) is 0 Å². The monoisotopic (exact) mass is 403 g/mol. The van der Waals surface area contributed by atoms with Crippen LogP contribution in [-0.2, 0) is 6.42 Å². The van der Waals surface area contributed by atoms with Gasteiger partial charge in [0.15, 0.2) is 11.5 Å². The molecule has 0 spiro atoms. The third-order valence-electron chi connectivity index (χ3n) is 3.79. The van der Waals surface area contributed by atoms with Crippen LogP contribution in [0.25, 0.3) is 11.5 Å². The van der Waals surface area contributed by atoms with Crippen molar-refractivity contribution in [1.29, 1.82) is 0 Å². The fourth-order valence-corrected chi connectivity index (χ4v) is 2.56. The number of benzene rings is 1. The Balaban J connectivity index is 1.80. The number of nitrogens with two attached hydrogens (primary N) is 1. The molecule has 0 atom stereocenters. The Morgan fingerprint density at radius 3 is 2.55 bits per heavy atom. The van der Waals surface area contributed by atoms with Crippen LogP contribution in [0.5, 0.6) is 11.5 Å². The van der Waals surface area contributed by atoms with Crippen LogP contribution >= 0.6 is 0 Å². The Kier molecular flexibility index (Phi) is 6.06. The van der Waals surface area contributed by atoms with Gasteiger partial charge in [-0.2, -0.15) is 8.78 Å². The summed E-state index contributed by atoms with van der Waals surface area (Å²) in [4.78, 5) is 19.7. The molecule has 7 nitrogen and oxygen atoms in total. The summed E-state index contributed by atoms with van der Waals surface area (Å²) in [5, 5.41) is 0. The molecular weight excluding hydrogens is 384 g/mol. The lowest BCUT2D eigenvalue weighted by Crippen LogP contribution is -2.11. The van der Waals surface area contributed by atoms with Crippen LogP contribution in [0, 0.1) is 0 Å². The number of primary amides is 1. The summed E-state index contributed by atoms with van der Waals surface area (Å²) in [5.41, 5.74) is 7.35. The van der Waals surface area contributed by atoms with E-state index >= 15 is 0 Å². The van der Waals surface area contributed by atoms with Gasteiger partial charge in [0, 0.05) is 23.9 Å². The molecule has 152 valence electrons. The number of nitrogens with zero attached hydrogens (tertiary/aromatic N) is 2. The van der Waals surface area contributed by atoms with E-state index in [1.165, 1.54) is 24.6 Å². The maximum Gasteiger partial charge on any atom is 0.387 e. The van der Waals surface area contributed by atoms with Gasteiger partial charge in [-0.25, -0.2) is 4.98 Å². The SMILES string of the molecule is CC(C)Oc1cc(-c2nc(Cc3ccc(C(N)=O)cn3)co2)ccc1OC(F)F. The molecule has 0 fully saturated rings. The zero-order valence-electron chi connectivity index (χ0n) is 15.8. The molecule has 1 aromatic carbocycles. The molecule has 0 bridgehead atoms. The van der Waals surface area contributed by atoms with Gasteiger partial charge in [-0.05, 0) is 44.2 Å². The van der Waals surface area contributed by atoms with Crippen LogP contribution in [-0.4, -0.2) is 28.6 Å². The van der Waals surface area contributed by atoms with Crippen molar-refractivity contribution in [3.8, 4) is 23.0 Å². The lowest BCUT2D eigenvalue weighted by atomic mass is 10.2. The van der Waals surface area contributed by atoms with Gasteiger partial charge in [-0.15, -0.1) is 0 Å². The number of halogens is 2. The fourth-order valence-electron chi connectivity index (χ4n) is 2.56. The minimum Gasteiger partial charge on any atom is -0.487 e. The number of amides is 1. The normalized spacial score (nSPS) is 11.1. The van der Waals surface area contributed by atoms with Crippen molar-refractivity contribution in [2.75, 3.05) is 0 Å². The molecule has 0 aliphatic rings. The van der Waals surface area contributed by atoms with E-state index in [1.54, 1.807) is 32.0 Å². The zero-order chi connectivity index (χ0) is 21.0. The van der Waals surface area contributed by atoms with Crippen LogP contribution in [0.3, 0.4) is 0 Å². The molecule has 2 aromatic heterocycles. The first kappa shape index (κ1) is 20.2. The summed E-state index contributed by atoms with van der Waals surface area (Å²) in [6.07, 6.45) is 3.02. The smallest absolute Gasteiger partial charge is 0.387 e. The van der Waals surface area contributed by atoms with E-state index in [0.717, 1.165) is 0 Å². The third kappa shape index (κ3) is 5.28. The Bertz CT molecular complexity index is 988. The highest BCUT2D eigenvalue weighted by molar-refractivity contribution is 5.92. The van der Waals surface area contributed by atoms with Crippen molar-refractivity contribution in [1.82, 2.24) is 9.97 Å². The van der Waals surface area contributed by atoms with Crippen LogP contribution < -0.4 is 15.2 Å². The number of ether oxygens (including phenoxy) is 2. The van der Waals surface area contributed by atoms with Crippen molar-refractivity contribution in [2.24, 2.45) is 5.73 Å². The molecule has 9 heteroatoms. The number of hydrogen-bond acceptors (Lipinski definition) is 6. The molecule has 3 aromatic rings. The van der Waals surface area contributed by atoms with Crippen molar-refractivity contribution < 1.29 is 27.5 Å². The van der Waals surface area contributed by atoms with Crippen molar-refractivity contribution in [3.05, 3.63) is 59.7 Å². The van der Waals surface area contributed by atoms with Gasteiger partial charge in [-0.1, -0.05) is 0 Å². The number of aromatic nitrogens is 2. The van der Waals surface area contributed by atoms with Gasteiger partial charge in [0.1, 0.15) is 6.26 Å². The van der Waals surface area contributed by atoms with Crippen molar-refractivity contribution in [3.63, 3.8) is 0 Å². The van der Waals surface area contributed by atoms with Gasteiger partial charge in [0.2, 0.25) is 11.8 Å². The van der Waals surface area contributed by atoms with Gasteiger partial charge >= 0.3 is 6.61 Å². The first-order chi connectivity index (χ1) is 13.8.